The van der Waals surface area contributed by atoms with Crippen LogP contribution in [0.1, 0.15) is 32.6 Å². The fourth-order valence-corrected chi connectivity index (χ4v) is 2.93. The van der Waals surface area contributed by atoms with E-state index in [4.69, 9.17) is 0 Å². The van der Waals surface area contributed by atoms with Gasteiger partial charge < -0.3 is 15.7 Å². The van der Waals surface area contributed by atoms with Gasteiger partial charge >= 0.3 is 6.03 Å². The Labute approximate surface area is 108 Å². The highest BCUT2D eigenvalue weighted by Gasteiger charge is 2.25. The smallest absolute Gasteiger partial charge is 0.315 e. The molecule has 4 nitrogen and oxygen atoms in total. The summed E-state index contributed by atoms with van der Waals surface area (Å²) in [5.41, 5.74) is 0. The van der Waals surface area contributed by atoms with Crippen LogP contribution in [0.25, 0.3) is 0 Å². The van der Waals surface area contributed by atoms with E-state index in [2.05, 4.69) is 10.6 Å². The van der Waals surface area contributed by atoms with Crippen molar-refractivity contribution in [2.75, 3.05) is 18.6 Å². The maximum absolute atomic E-state index is 11.7. The topological polar surface area (TPSA) is 61.4 Å². The van der Waals surface area contributed by atoms with Gasteiger partial charge in [0.15, 0.2) is 0 Å². The molecule has 3 N–H and O–H groups in total. The van der Waals surface area contributed by atoms with Crippen LogP contribution in [0.2, 0.25) is 0 Å². The number of thioether (sulfide) groups is 1. The second-order valence-corrected chi connectivity index (χ2v) is 5.72. The fraction of sp³-hybridized carbons (Fsp3) is 0.917. The lowest BCUT2D eigenvalue weighted by Gasteiger charge is -2.31. The molecule has 0 saturated heterocycles. The van der Waals surface area contributed by atoms with Crippen LogP contribution in [-0.4, -0.2) is 41.8 Å². The van der Waals surface area contributed by atoms with Gasteiger partial charge in [0.2, 0.25) is 0 Å². The molecule has 0 unspecified atom stereocenters. The SMILES string of the molecule is CSC[C@H](C)NC(=O)N[C@@H]1CCCC[C@H]1CO. The number of aliphatic hydroxyl groups excluding tert-OH is 1. The van der Waals surface area contributed by atoms with Crippen molar-refractivity contribution in [3.8, 4) is 0 Å². The lowest BCUT2D eigenvalue weighted by Crippen LogP contribution is -2.50. The molecule has 0 aromatic rings. The molecule has 2 amide bonds. The minimum Gasteiger partial charge on any atom is -0.396 e. The van der Waals surface area contributed by atoms with E-state index in [0.29, 0.717) is 0 Å². The van der Waals surface area contributed by atoms with Crippen LogP contribution in [0.3, 0.4) is 0 Å². The molecule has 5 heteroatoms. The van der Waals surface area contributed by atoms with Crippen molar-refractivity contribution in [2.24, 2.45) is 5.92 Å². The van der Waals surface area contributed by atoms with Crippen LogP contribution < -0.4 is 10.6 Å². The molecule has 0 radical (unpaired) electrons. The maximum Gasteiger partial charge on any atom is 0.315 e. The molecule has 1 aliphatic carbocycles. The zero-order chi connectivity index (χ0) is 12.7. The molecule has 1 fully saturated rings. The summed E-state index contributed by atoms with van der Waals surface area (Å²) >= 11 is 1.72. The first-order valence-corrected chi connectivity index (χ1v) is 7.73. The van der Waals surface area contributed by atoms with Gasteiger partial charge in [0.25, 0.3) is 0 Å². The van der Waals surface area contributed by atoms with Crippen molar-refractivity contribution in [2.45, 2.75) is 44.7 Å². The van der Waals surface area contributed by atoms with E-state index in [1.807, 2.05) is 13.2 Å². The zero-order valence-electron chi connectivity index (χ0n) is 10.7. The number of hydrogen-bond donors (Lipinski definition) is 3. The standard InChI is InChI=1S/C12H24N2O2S/c1-9(8-17-2)13-12(16)14-11-6-4-3-5-10(11)7-15/h9-11,15H,3-8H2,1-2H3,(H2,13,14,16)/t9-,10-,11+/m0/s1. The van der Waals surface area contributed by atoms with Crippen molar-refractivity contribution < 1.29 is 9.90 Å². The minimum absolute atomic E-state index is 0.100. The molecule has 0 heterocycles. The quantitative estimate of drug-likeness (QED) is 0.703. The number of nitrogens with one attached hydrogen (secondary N) is 2. The Morgan fingerprint density at radius 1 is 1.47 bits per heavy atom. The highest BCUT2D eigenvalue weighted by atomic mass is 32.2. The maximum atomic E-state index is 11.7. The van der Waals surface area contributed by atoms with E-state index < -0.39 is 0 Å². The van der Waals surface area contributed by atoms with E-state index in [1.165, 1.54) is 0 Å². The Morgan fingerprint density at radius 3 is 2.82 bits per heavy atom. The van der Waals surface area contributed by atoms with E-state index in [9.17, 15) is 9.90 Å². The van der Waals surface area contributed by atoms with Crippen molar-refractivity contribution >= 4 is 17.8 Å². The van der Waals surface area contributed by atoms with Crippen molar-refractivity contribution in [1.29, 1.82) is 0 Å². The van der Waals surface area contributed by atoms with Crippen LogP contribution in [0.4, 0.5) is 4.79 Å². The largest absolute Gasteiger partial charge is 0.396 e. The summed E-state index contributed by atoms with van der Waals surface area (Å²) in [6, 6.07) is 0.216. The van der Waals surface area contributed by atoms with Crippen LogP contribution in [0, 0.1) is 5.92 Å². The number of urea groups is 1. The van der Waals surface area contributed by atoms with Gasteiger partial charge in [-0.15, -0.1) is 0 Å². The Bertz CT molecular complexity index is 239. The monoisotopic (exact) mass is 260 g/mol. The molecule has 1 aliphatic rings. The molecular formula is C12H24N2O2S. The second-order valence-electron chi connectivity index (χ2n) is 4.81. The van der Waals surface area contributed by atoms with Gasteiger partial charge in [-0.2, -0.15) is 11.8 Å². The predicted molar refractivity (Wildman–Crippen MR) is 72.3 cm³/mol. The third-order valence-electron chi connectivity index (χ3n) is 3.25. The molecule has 1 saturated carbocycles. The molecule has 0 aromatic carbocycles. The Morgan fingerprint density at radius 2 is 2.18 bits per heavy atom. The van der Waals surface area contributed by atoms with E-state index in [0.717, 1.165) is 31.4 Å². The third kappa shape index (κ3) is 5.17. The van der Waals surface area contributed by atoms with Gasteiger partial charge in [-0.1, -0.05) is 12.8 Å². The third-order valence-corrected chi connectivity index (χ3v) is 4.09. The van der Waals surface area contributed by atoms with Crippen LogP contribution in [0.15, 0.2) is 0 Å². The van der Waals surface area contributed by atoms with Gasteiger partial charge in [-0.25, -0.2) is 4.79 Å². The first kappa shape index (κ1) is 14.6. The number of rotatable bonds is 5. The lowest BCUT2D eigenvalue weighted by atomic mass is 9.85. The number of aliphatic hydroxyl groups is 1. The average molecular weight is 260 g/mol. The number of carbonyl (C=O) groups is 1. The first-order valence-electron chi connectivity index (χ1n) is 6.34. The summed E-state index contributed by atoms with van der Waals surface area (Å²) in [5.74, 6) is 1.15. The molecule has 0 spiro atoms. The molecule has 0 aliphatic heterocycles. The van der Waals surface area contributed by atoms with Gasteiger partial charge in [0.1, 0.15) is 0 Å². The predicted octanol–water partition coefficient (Wildman–Crippen LogP) is 1.59. The number of hydrogen-bond acceptors (Lipinski definition) is 3. The second kappa shape index (κ2) is 7.82. The summed E-state index contributed by atoms with van der Waals surface area (Å²) in [6.07, 6.45) is 6.33. The fourth-order valence-electron chi connectivity index (χ4n) is 2.34. The van der Waals surface area contributed by atoms with Crippen LogP contribution in [0.5, 0.6) is 0 Å². The summed E-state index contributed by atoms with van der Waals surface area (Å²) in [6.45, 7) is 2.17. The first-order chi connectivity index (χ1) is 8.17. The summed E-state index contributed by atoms with van der Waals surface area (Å²) in [7, 11) is 0. The number of amides is 2. The highest BCUT2D eigenvalue weighted by Crippen LogP contribution is 2.23. The molecule has 3 atom stereocenters. The summed E-state index contributed by atoms with van der Waals surface area (Å²) in [4.78, 5) is 11.7. The van der Waals surface area contributed by atoms with Crippen molar-refractivity contribution in [1.82, 2.24) is 10.6 Å². The molecule has 100 valence electrons. The summed E-state index contributed by atoms with van der Waals surface area (Å²) in [5, 5.41) is 15.2. The lowest BCUT2D eigenvalue weighted by molar-refractivity contribution is 0.153. The van der Waals surface area contributed by atoms with Crippen LogP contribution in [-0.2, 0) is 0 Å². The molecule has 0 aromatic heterocycles. The van der Waals surface area contributed by atoms with Crippen molar-refractivity contribution in [3.05, 3.63) is 0 Å². The highest BCUT2D eigenvalue weighted by molar-refractivity contribution is 7.98. The van der Waals surface area contributed by atoms with Crippen molar-refractivity contribution in [3.63, 3.8) is 0 Å². The minimum atomic E-state index is -0.100. The molecule has 0 bridgehead atoms. The Hall–Kier alpha value is -0.420. The Kier molecular flexibility index (Phi) is 6.73. The van der Waals surface area contributed by atoms with E-state index in [-0.39, 0.29) is 30.6 Å². The van der Waals surface area contributed by atoms with E-state index in [1.54, 1.807) is 11.8 Å². The normalized spacial score (nSPS) is 26.3. The average Bonchev–Trinajstić information content (AvgIpc) is 2.29. The molecule has 17 heavy (non-hydrogen) atoms. The van der Waals surface area contributed by atoms with Gasteiger partial charge in [-0.3, -0.25) is 0 Å². The summed E-state index contributed by atoms with van der Waals surface area (Å²) < 4.78 is 0. The Balaban J connectivity index is 2.33. The van der Waals surface area contributed by atoms with Gasteiger partial charge in [0, 0.05) is 30.4 Å². The van der Waals surface area contributed by atoms with Gasteiger partial charge in [-0.05, 0) is 26.0 Å². The number of carbonyl (C=O) groups excluding carboxylic acids is 1. The van der Waals surface area contributed by atoms with Crippen LogP contribution >= 0.6 is 11.8 Å². The molecule has 1 rings (SSSR count). The van der Waals surface area contributed by atoms with E-state index >= 15 is 0 Å². The van der Waals surface area contributed by atoms with Gasteiger partial charge in [0.05, 0.1) is 0 Å². The zero-order valence-corrected chi connectivity index (χ0v) is 11.6. The molecular weight excluding hydrogens is 236 g/mol.